The lowest BCUT2D eigenvalue weighted by Crippen LogP contribution is -2.48. The van der Waals surface area contributed by atoms with Crippen molar-refractivity contribution < 1.29 is 9.63 Å². The molecule has 0 spiro atoms. The Bertz CT molecular complexity index is 728. The quantitative estimate of drug-likeness (QED) is 0.883. The molecule has 2 aromatic rings. The number of anilines is 2. The molecule has 0 aromatic carbocycles. The first kappa shape index (κ1) is 16.5. The second kappa shape index (κ2) is 6.27. The Balaban J connectivity index is 1.71. The number of carbonyl (C=O) groups is 1. The highest BCUT2D eigenvalue weighted by molar-refractivity contribution is 5.88. The van der Waals surface area contributed by atoms with Gasteiger partial charge in [-0.2, -0.15) is 9.97 Å². The van der Waals surface area contributed by atoms with E-state index in [0.717, 1.165) is 29.9 Å². The minimum atomic E-state index is -0.497. The standard InChI is InChI=1S/C16H24N6O2/c1-16(2,3)14(23)24-22-9-7-21(8-10-22)13-11-5-6-18-12(11)19-15(17-4)20-13/h5-6H,7-10H2,1-4H3,(H2,17,18,19,20). The Morgan fingerprint density at radius 1 is 1.25 bits per heavy atom. The molecule has 8 nitrogen and oxygen atoms in total. The molecule has 24 heavy (non-hydrogen) atoms. The van der Waals surface area contributed by atoms with Gasteiger partial charge in [0.05, 0.1) is 23.9 Å². The van der Waals surface area contributed by atoms with Crippen molar-refractivity contribution in [2.24, 2.45) is 5.41 Å². The number of rotatable bonds is 3. The van der Waals surface area contributed by atoms with Crippen molar-refractivity contribution in [1.82, 2.24) is 20.0 Å². The van der Waals surface area contributed by atoms with Gasteiger partial charge in [-0.25, -0.2) is 4.79 Å². The fraction of sp³-hybridized carbons (Fsp3) is 0.562. The van der Waals surface area contributed by atoms with Gasteiger partial charge in [-0.05, 0) is 26.8 Å². The maximum Gasteiger partial charge on any atom is 0.330 e. The van der Waals surface area contributed by atoms with Gasteiger partial charge in [-0.1, -0.05) is 0 Å². The Morgan fingerprint density at radius 2 is 1.96 bits per heavy atom. The molecule has 3 heterocycles. The van der Waals surface area contributed by atoms with E-state index in [0.29, 0.717) is 19.0 Å². The number of aromatic amines is 1. The Labute approximate surface area is 141 Å². The van der Waals surface area contributed by atoms with Crippen LogP contribution in [0.4, 0.5) is 11.8 Å². The number of H-pyrrole nitrogens is 1. The zero-order valence-electron chi connectivity index (χ0n) is 14.6. The minimum Gasteiger partial charge on any atom is -0.367 e. The summed E-state index contributed by atoms with van der Waals surface area (Å²) in [5, 5.41) is 5.72. The zero-order chi connectivity index (χ0) is 17.3. The topological polar surface area (TPSA) is 86.4 Å². The van der Waals surface area contributed by atoms with E-state index in [1.54, 1.807) is 12.1 Å². The number of nitrogens with one attached hydrogen (secondary N) is 2. The molecule has 1 aliphatic rings. The average molecular weight is 332 g/mol. The van der Waals surface area contributed by atoms with Crippen molar-refractivity contribution >= 4 is 28.8 Å². The molecule has 3 rings (SSSR count). The van der Waals surface area contributed by atoms with Crippen LogP contribution in [0.15, 0.2) is 12.3 Å². The molecule has 2 aromatic heterocycles. The molecular weight excluding hydrogens is 308 g/mol. The van der Waals surface area contributed by atoms with Crippen LogP contribution in [0, 0.1) is 5.41 Å². The molecule has 0 unspecified atom stereocenters. The highest BCUT2D eigenvalue weighted by Gasteiger charge is 2.28. The lowest BCUT2D eigenvalue weighted by Gasteiger charge is -2.35. The molecule has 1 saturated heterocycles. The predicted octanol–water partition coefficient (Wildman–Crippen LogP) is 1.63. The van der Waals surface area contributed by atoms with Gasteiger partial charge < -0.3 is 20.0 Å². The largest absolute Gasteiger partial charge is 0.367 e. The Morgan fingerprint density at radius 3 is 2.58 bits per heavy atom. The van der Waals surface area contributed by atoms with E-state index >= 15 is 0 Å². The van der Waals surface area contributed by atoms with Crippen molar-refractivity contribution in [3.8, 4) is 0 Å². The van der Waals surface area contributed by atoms with E-state index < -0.39 is 5.41 Å². The van der Waals surface area contributed by atoms with Crippen molar-refractivity contribution in [1.29, 1.82) is 0 Å². The normalized spacial score (nSPS) is 16.4. The Kier molecular flexibility index (Phi) is 4.31. The molecular formula is C16H24N6O2. The van der Waals surface area contributed by atoms with Crippen LogP contribution in [0.25, 0.3) is 11.0 Å². The van der Waals surface area contributed by atoms with Gasteiger partial charge in [-0.15, -0.1) is 5.06 Å². The van der Waals surface area contributed by atoms with Crippen LogP contribution in [0.2, 0.25) is 0 Å². The summed E-state index contributed by atoms with van der Waals surface area (Å²) in [6, 6.07) is 1.98. The number of nitrogens with zero attached hydrogens (tertiary/aromatic N) is 4. The maximum absolute atomic E-state index is 12.0. The first-order valence-corrected chi connectivity index (χ1v) is 8.13. The smallest absolute Gasteiger partial charge is 0.330 e. The summed E-state index contributed by atoms with van der Waals surface area (Å²) in [7, 11) is 1.80. The van der Waals surface area contributed by atoms with Gasteiger partial charge in [0.2, 0.25) is 5.95 Å². The van der Waals surface area contributed by atoms with E-state index in [1.807, 2.05) is 33.0 Å². The second-order valence-electron chi connectivity index (χ2n) is 6.91. The molecule has 0 amide bonds. The third-order valence-corrected chi connectivity index (χ3v) is 3.98. The highest BCUT2D eigenvalue weighted by Crippen LogP contribution is 2.26. The molecule has 0 aliphatic carbocycles. The van der Waals surface area contributed by atoms with Crippen LogP contribution < -0.4 is 10.2 Å². The lowest BCUT2D eigenvalue weighted by atomic mass is 9.98. The van der Waals surface area contributed by atoms with Crippen LogP contribution in [-0.2, 0) is 9.63 Å². The monoisotopic (exact) mass is 332 g/mol. The molecule has 0 atom stereocenters. The Hall–Kier alpha value is -2.35. The number of hydrogen-bond donors (Lipinski definition) is 2. The number of hydrogen-bond acceptors (Lipinski definition) is 7. The fourth-order valence-corrected chi connectivity index (χ4v) is 2.52. The van der Waals surface area contributed by atoms with Crippen LogP contribution in [0.5, 0.6) is 0 Å². The summed E-state index contributed by atoms with van der Waals surface area (Å²) in [5.41, 5.74) is 0.314. The van der Waals surface area contributed by atoms with E-state index in [9.17, 15) is 4.79 Å². The highest BCUT2D eigenvalue weighted by atomic mass is 16.7. The molecule has 0 saturated carbocycles. The summed E-state index contributed by atoms with van der Waals surface area (Å²) in [4.78, 5) is 31.8. The SMILES string of the molecule is CNc1nc(N2CCN(OC(=O)C(C)(C)C)CC2)c2cc[nH]c2n1. The first-order valence-electron chi connectivity index (χ1n) is 8.13. The van der Waals surface area contributed by atoms with Crippen molar-refractivity contribution in [2.45, 2.75) is 20.8 Å². The van der Waals surface area contributed by atoms with Gasteiger partial charge in [0.1, 0.15) is 11.5 Å². The zero-order valence-corrected chi connectivity index (χ0v) is 14.6. The van der Waals surface area contributed by atoms with Gasteiger partial charge in [0.15, 0.2) is 0 Å². The molecule has 8 heteroatoms. The van der Waals surface area contributed by atoms with Crippen molar-refractivity contribution in [3.63, 3.8) is 0 Å². The van der Waals surface area contributed by atoms with Gasteiger partial charge >= 0.3 is 5.97 Å². The van der Waals surface area contributed by atoms with E-state index in [1.165, 1.54) is 0 Å². The number of hydroxylamine groups is 2. The fourth-order valence-electron chi connectivity index (χ4n) is 2.52. The third-order valence-electron chi connectivity index (χ3n) is 3.98. The molecule has 0 radical (unpaired) electrons. The summed E-state index contributed by atoms with van der Waals surface area (Å²) >= 11 is 0. The van der Waals surface area contributed by atoms with E-state index in [4.69, 9.17) is 4.84 Å². The molecule has 1 aliphatic heterocycles. The van der Waals surface area contributed by atoms with Gasteiger partial charge in [-0.3, -0.25) is 0 Å². The summed E-state index contributed by atoms with van der Waals surface area (Å²) in [6.45, 7) is 8.33. The molecule has 2 N–H and O–H groups in total. The summed E-state index contributed by atoms with van der Waals surface area (Å²) < 4.78 is 0. The predicted molar refractivity (Wildman–Crippen MR) is 92.8 cm³/mol. The minimum absolute atomic E-state index is 0.205. The second-order valence-corrected chi connectivity index (χ2v) is 6.91. The van der Waals surface area contributed by atoms with E-state index in [2.05, 4.69) is 25.2 Å². The van der Waals surface area contributed by atoms with E-state index in [-0.39, 0.29) is 5.97 Å². The van der Waals surface area contributed by atoms with Crippen LogP contribution in [0.1, 0.15) is 20.8 Å². The average Bonchev–Trinajstić information content (AvgIpc) is 3.02. The van der Waals surface area contributed by atoms with Gasteiger partial charge in [0, 0.05) is 26.3 Å². The molecule has 130 valence electrons. The number of piperazine rings is 1. The molecule has 1 fully saturated rings. The van der Waals surface area contributed by atoms with Crippen LogP contribution >= 0.6 is 0 Å². The lowest BCUT2D eigenvalue weighted by molar-refractivity contribution is -0.201. The summed E-state index contributed by atoms with van der Waals surface area (Å²) in [6.07, 6.45) is 1.86. The van der Waals surface area contributed by atoms with Gasteiger partial charge in [0.25, 0.3) is 0 Å². The van der Waals surface area contributed by atoms with Crippen LogP contribution in [-0.4, -0.2) is 59.2 Å². The number of aromatic nitrogens is 3. The van der Waals surface area contributed by atoms with Crippen molar-refractivity contribution in [3.05, 3.63) is 12.3 Å². The molecule has 0 bridgehead atoms. The maximum atomic E-state index is 12.0. The third kappa shape index (κ3) is 3.28. The van der Waals surface area contributed by atoms with Crippen molar-refractivity contribution in [2.75, 3.05) is 43.4 Å². The number of fused-ring (bicyclic) bond motifs is 1. The first-order chi connectivity index (χ1) is 11.4. The van der Waals surface area contributed by atoms with Crippen LogP contribution in [0.3, 0.4) is 0 Å². The number of carbonyl (C=O) groups excluding carboxylic acids is 1. The summed E-state index contributed by atoms with van der Waals surface area (Å²) in [5.74, 6) is 1.28.